The second-order valence-electron chi connectivity index (χ2n) is 6.40. The molecular formula is C20H25N3O3. The Kier molecular flexibility index (Phi) is 5.44. The summed E-state index contributed by atoms with van der Waals surface area (Å²) in [7, 11) is 3.47. The van der Waals surface area contributed by atoms with Crippen LogP contribution in [0.2, 0.25) is 0 Å². The van der Waals surface area contributed by atoms with Crippen molar-refractivity contribution >= 4 is 11.0 Å². The zero-order chi connectivity index (χ0) is 18.7. The van der Waals surface area contributed by atoms with E-state index in [4.69, 9.17) is 4.74 Å². The second kappa shape index (κ2) is 7.76. The number of nitrogens with zero attached hydrogens (tertiary/aromatic N) is 2. The molecule has 1 aromatic heterocycles. The van der Waals surface area contributed by atoms with Crippen LogP contribution in [-0.4, -0.2) is 27.4 Å². The summed E-state index contributed by atoms with van der Waals surface area (Å²) in [4.78, 5) is 12.0. The van der Waals surface area contributed by atoms with Gasteiger partial charge in [0.25, 0.3) is 0 Å². The van der Waals surface area contributed by atoms with Crippen LogP contribution in [0.5, 0.6) is 5.75 Å². The van der Waals surface area contributed by atoms with Gasteiger partial charge in [0.05, 0.1) is 11.0 Å². The summed E-state index contributed by atoms with van der Waals surface area (Å²) in [5.74, 6) is 0.720. The van der Waals surface area contributed by atoms with Gasteiger partial charge in [0.2, 0.25) is 0 Å². The van der Waals surface area contributed by atoms with Gasteiger partial charge in [-0.15, -0.1) is 0 Å². The summed E-state index contributed by atoms with van der Waals surface area (Å²) in [6.07, 6.45) is -0.767. The molecular weight excluding hydrogens is 330 g/mol. The smallest absolute Gasteiger partial charge is 0.328 e. The van der Waals surface area contributed by atoms with E-state index < -0.39 is 6.10 Å². The standard InChI is InChI=1S/C20H25N3O3/c1-4-21-12-14-5-8-16(9-6-14)26-13-19(24)15-7-10-17-18(11-15)23(3)20(25)22(17)2/h5-11,19,21,24H,4,12-13H2,1-3H3/t19-/m0/s1. The summed E-state index contributed by atoms with van der Waals surface area (Å²) in [5, 5.41) is 13.7. The van der Waals surface area contributed by atoms with Crippen molar-refractivity contribution in [2.45, 2.75) is 19.6 Å². The van der Waals surface area contributed by atoms with E-state index in [9.17, 15) is 9.90 Å². The first-order valence-corrected chi connectivity index (χ1v) is 8.77. The highest BCUT2D eigenvalue weighted by Gasteiger charge is 2.13. The van der Waals surface area contributed by atoms with E-state index in [1.165, 1.54) is 5.56 Å². The molecule has 0 fully saturated rings. The maximum absolute atomic E-state index is 12.0. The molecule has 6 nitrogen and oxygen atoms in total. The van der Waals surface area contributed by atoms with Crippen molar-refractivity contribution in [2.75, 3.05) is 13.2 Å². The molecule has 0 aliphatic carbocycles. The van der Waals surface area contributed by atoms with Gasteiger partial charge < -0.3 is 15.2 Å². The molecule has 3 aromatic rings. The lowest BCUT2D eigenvalue weighted by atomic mass is 10.1. The number of aliphatic hydroxyl groups excluding tert-OH is 1. The summed E-state index contributed by atoms with van der Waals surface area (Å²) in [6, 6.07) is 13.4. The van der Waals surface area contributed by atoms with E-state index in [-0.39, 0.29) is 12.3 Å². The van der Waals surface area contributed by atoms with Crippen molar-refractivity contribution in [1.29, 1.82) is 0 Å². The van der Waals surface area contributed by atoms with E-state index in [2.05, 4.69) is 12.2 Å². The highest BCUT2D eigenvalue weighted by molar-refractivity contribution is 5.76. The Morgan fingerprint density at radius 1 is 1.08 bits per heavy atom. The normalized spacial score (nSPS) is 12.5. The van der Waals surface area contributed by atoms with Crippen molar-refractivity contribution in [3.05, 3.63) is 64.1 Å². The van der Waals surface area contributed by atoms with Crippen molar-refractivity contribution in [3.8, 4) is 5.75 Å². The zero-order valence-corrected chi connectivity index (χ0v) is 15.4. The van der Waals surface area contributed by atoms with E-state index in [1.807, 2.05) is 42.5 Å². The number of fused-ring (bicyclic) bond motifs is 1. The number of hydrogen-bond acceptors (Lipinski definition) is 4. The first kappa shape index (κ1) is 18.2. The third-order valence-electron chi connectivity index (χ3n) is 4.59. The Bertz CT molecular complexity index is 941. The second-order valence-corrected chi connectivity index (χ2v) is 6.40. The van der Waals surface area contributed by atoms with Gasteiger partial charge in [0, 0.05) is 20.6 Å². The first-order valence-electron chi connectivity index (χ1n) is 8.77. The number of nitrogens with one attached hydrogen (secondary N) is 1. The van der Waals surface area contributed by atoms with Gasteiger partial charge in [-0.05, 0) is 41.9 Å². The Morgan fingerprint density at radius 3 is 2.46 bits per heavy atom. The predicted molar refractivity (Wildman–Crippen MR) is 102 cm³/mol. The van der Waals surface area contributed by atoms with Crippen LogP contribution in [0.25, 0.3) is 11.0 Å². The molecule has 138 valence electrons. The Labute approximate surface area is 152 Å². The number of aromatic nitrogens is 2. The van der Waals surface area contributed by atoms with Gasteiger partial charge in [-0.3, -0.25) is 9.13 Å². The summed E-state index contributed by atoms with van der Waals surface area (Å²) in [6.45, 7) is 3.99. The molecule has 2 aromatic carbocycles. The SMILES string of the molecule is CCNCc1ccc(OC[C@H](O)c2ccc3c(c2)n(C)c(=O)n3C)cc1. The van der Waals surface area contributed by atoms with Crippen LogP contribution in [-0.2, 0) is 20.6 Å². The van der Waals surface area contributed by atoms with Gasteiger partial charge >= 0.3 is 5.69 Å². The van der Waals surface area contributed by atoms with Gasteiger partial charge in [0.15, 0.2) is 0 Å². The molecule has 0 aliphatic heterocycles. The monoisotopic (exact) mass is 355 g/mol. The lowest BCUT2D eigenvalue weighted by molar-refractivity contribution is 0.108. The fraction of sp³-hybridized carbons (Fsp3) is 0.350. The molecule has 2 N–H and O–H groups in total. The largest absolute Gasteiger partial charge is 0.491 e. The third kappa shape index (κ3) is 3.66. The minimum atomic E-state index is -0.767. The minimum Gasteiger partial charge on any atom is -0.491 e. The fourth-order valence-electron chi connectivity index (χ4n) is 2.98. The number of benzene rings is 2. The van der Waals surface area contributed by atoms with Crippen LogP contribution in [0, 0.1) is 0 Å². The number of hydrogen-bond donors (Lipinski definition) is 2. The van der Waals surface area contributed by atoms with Gasteiger partial charge in [0.1, 0.15) is 18.5 Å². The van der Waals surface area contributed by atoms with Crippen LogP contribution in [0.4, 0.5) is 0 Å². The minimum absolute atomic E-state index is 0.0828. The molecule has 3 rings (SSSR count). The molecule has 0 bridgehead atoms. The highest BCUT2D eigenvalue weighted by Crippen LogP contribution is 2.21. The lowest BCUT2D eigenvalue weighted by Crippen LogP contribution is -2.19. The van der Waals surface area contributed by atoms with E-state index >= 15 is 0 Å². The molecule has 0 amide bonds. The number of aliphatic hydroxyl groups is 1. The molecule has 0 saturated carbocycles. The number of ether oxygens (including phenoxy) is 1. The maximum atomic E-state index is 12.0. The molecule has 0 aliphatic rings. The lowest BCUT2D eigenvalue weighted by Gasteiger charge is -2.13. The van der Waals surface area contributed by atoms with Crippen LogP contribution < -0.4 is 15.7 Å². The van der Waals surface area contributed by atoms with E-state index in [1.54, 1.807) is 23.2 Å². The molecule has 6 heteroatoms. The number of aryl methyl sites for hydroxylation is 2. The van der Waals surface area contributed by atoms with Crippen molar-refractivity contribution in [1.82, 2.24) is 14.5 Å². The molecule has 0 radical (unpaired) electrons. The molecule has 0 saturated heterocycles. The average molecular weight is 355 g/mol. The molecule has 1 atom stereocenters. The highest BCUT2D eigenvalue weighted by atomic mass is 16.5. The Balaban J connectivity index is 1.68. The van der Waals surface area contributed by atoms with Crippen molar-refractivity contribution < 1.29 is 9.84 Å². The summed E-state index contributed by atoms with van der Waals surface area (Å²) < 4.78 is 8.88. The van der Waals surface area contributed by atoms with Gasteiger partial charge in [-0.1, -0.05) is 25.1 Å². The van der Waals surface area contributed by atoms with Crippen LogP contribution in [0.1, 0.15) is 24.2 Å². The molecule has 26 heavy (non-hydrogen) atoms. The Hall–Kier alpha value is -2.57. The molecule has 0 spiro atoms. The number of rotatable bonds is 7. The molecule has 1 heterocycles. The summed E-state index contributed by atoms with van der Waals surface area (Å²) >= 11 is 0. The van der Waals surface area contributed by atoms with E-state index in [0.29, 0.717) is 0 Å². The third-order valence-corrected chi connectivity index (χ3v) is 4.59. The van der Waals surface area contributed by atoms with Crippen LogP contribution in [0.15, 0.2) is 47.3 Å². The number of imidazole rings is 1. The van der Waals surface area contributed by atoms with Gasteiger partial charge in [-0.25, -0.2) is 4.79 Å². The van der Waals surface area contributed by atoms with E-state index in [0.717, 1.165) is 35.4 Å². The Morgan fingerprint density at radius 2 is 1.77 bits per heavy atom. The predicted octanol–water partition coefficient (Wildman–Crippen LogP) is 2.10. The maximum Gasteiger partial charge on any atom is 0.328 e. The quantitative estimate of drug-likeness (QED) is 0.681. The zero-order valence-electron chi connectivity index (χ0n) is 15.4. The summed E-state index contributed by atoms with van der Waals surface area (Å²) in [5.41, 5.74) is 3.46. The first-order chi connectivity index (χ1) is 12.5. The van der Waals surface area contributed by atoms with Crippen LogP contribution in [0.3, 0.4) is 0 Å². The fourth-order valence-corrected chi connectivity index (χ4v) is 2.98. The van der Waals surface area contributed by atoms with Crippen molar-refractivity contribution in [2.24, 2.45) is 14.1 Å². The topological polar surface area (TPSA) is 68.4 Å². The van der Waals surface area contributed by atoms with Gasteiger partial charge in [-0.2, -0.15) is 0 Å². The van der Waals surface area contributed by atoms with Crippen LogP contribution >= 0.6 is 0 Å². The van der Waals surface area contributed by atoms with Crippen molar-refractivity contribution in [3.63, 3.8) is 0 Å². The molecule has 0 unspecified atom stereocenters. The average Bonchev–Trinajstić information content (AvgIpc) is 2.89.